The number of carbonyl (C=O) groups excluding carboxylic acids is 3. The number of nitrogens with one attached hydrogen (secondary N) is 2. The number of benzene rings is 4. The Hall–Kier alpha value is -8.12. The Labute approximate surface area is 588 Å². The molecule has 0 bridgehead atoms. The maximum atomic E-state index is 16.7. The Morgan fingerprint density at radius 3 is 1.20 bits per heavy atom. The van der Waals surface area contributed by atoms with Crippen LogP contribution in [0.25, 0.3) is 22.3 Å². The molecule has 0 radical (unpaired) electrons. The topological polar surface area (TPSA) is 172 Å². The van der Waals surface area contributed by atoms with Crippen LogP contribution in [0.2, 0.25) is 0 Å². The summed E-state index contributed by atoms with van der Waals surface area (Å²) >= 11 is 0. The molecule has 2 spiro atoms. The largest absolute Gasteiger partial charge is 0.481 e. The van der Waals surface area contributed by atoms with E-state index in [1.165, 1.54) is 26.0 Å². The Kier molecular flexibility index (Phi) is 24.1. The predicted octanol–water partition coefficient (Wildman–Crippen LogP) is 15.8. The maximum absolute atomic E-state index is 16.7. The molecule has 3 N–H and O–H groups in total. The fourth-order valence-corrected chi connectivity index (χ4v) is 15.4. The second-order valence-electron chi connectivity index (χ2n) is 29.7. The lowest BCUT2D eigenvalue weighted by atomic mass is 9.63. The van der Waals surface area contributed by atoms with Crippen LogP contribution in [-0.2, 0) is 49.1 Å². The molecule has 4 aromatic carbocycles. The first-order chi connectivity index (χ1) is 47.8. The van der Waals surface area contributed by atoms with Gasteiger partial charge < -0.3 is 39.4 Å². The lowest BCUT2D eigenvalue weighted by Crippen LogP contribution is -2.59. The molecule has 10 rings (SSSR count). The van der Waals surface area contributed by atoms with Gasteiger partial charge in [0.1, 0.15) is 35.4 Å². The van der Waals surface area contributed by atoms with Gasteiger partial charge in [0.05, 0.1) is 42.7 Å². The number of aromatic nitrogens is 2. The van der Waals surface area contributed by atoms with E-state index in [9.17, 15) is 60.2 Å². The molecular formula is C78H92F10N6O8. The van der Waals surface area contributed by atoms with Crippen molar-refractivity contribution in [3.8, 4) is 22.3 Å². The molecule has 102 heavy (non-hydrogen) atoms. The van der Waals surface area contributed by atoms with Crippen LogP contribution in [-0.4, -0.2) is 93.7 Å². The molecule has 2 saturated heterocycles. The molecule has 2 unspecified atom stereocenters. The quantitative estimate of drug-likeness (QED) is 0.0370. The first kappa shape index (κ1) is 78.0. The number of aryl methyl sites for hydroxylation is 6. The van der Waals surface area contributed by atoms with Crippen molar-refractivity contribution in [1.82, 2.24) is 29.6 Å². The zero-order valence-electron chi connectivity index (χ0n) is 59.7. The molecule has 552 valence electrons. The number of halogens is 10. The predicted molar refractivity (Wildman–Crippen MR) is 369 cm³/mol. The molecular weight excluding hydrogens is 1340 g/mol. The van der Waals surface area contributed by atoms with E-state index in [0.717, 1.165) is 97.4 Å². The van der Waals surface area contributed by atoms with Crippen molar-refractivity contribution in [3.63, 3.8) is 0 Å². The minimum Gasteiger partial charge on any atom is -0.481 e. The highest BCUT2D eigenvalue weighted by Crippen LogP contribution is 2.50. The third-order valence-corrected chi connectivity index (χ3v) is 20.8. The molecule has 2 aromatic heterocycles. The van der Waals surface area contributed by atoms with Gasteiger partial charge in [-0.1, -0.05) is 76.9 Å². The molecule has 14 nitrogen and oxygen atoms in total. The number of carboxylic acids is 1. The van der Waals surface area contributed by atoms with Crippen LogP contribution < -0.4 is 21.8 Å². The summed E-state index contributed by atoms with van der Waals surface area (Å²) in [6.07, 6.45) is -2.20. The highest BCUT2D eigenvalue weighted by molar-refractivity contribution is 5.83. The number of amides is 2. The molecule has 2 aliphatic heterocycles. The standard InChI is InChI=1S/C40H48F5N3O4.C38H44F5N3O4/c1-7-52-33(50)19-30(35-36(41)26(6)17-28(37(35)42)34-24(4)10-8-11-25(34)5)46-38(51)31(16-23(2)3)48-20-27(29(18-32(48)49)40(43,44)45)12-15-47-21-39(22-47)13-9-14-39;1-21(2)14-29(46-18-25(27(16-30(46)47)38(41,42)43)10-13-45-19-37(20-45)11-7-12-37)36(50)44-28(17-31(48)49)33-34(39)24(5)15-26(35(33)40)32-22(3)8-6-9-23(32)4/h8,10-11,17-18,20,23,30-31H,7,9,12-16,19,21-22H2,1-6H3,(H,46,51);6,8-9,15-16,18,21,28-29H,7,10-14,17,19-20H2,1-5H3,(H,44,50)(H,48,49)/t30-,31?;28-,29?/m00/s1. The number of nitrogens with zero attached hydrogens (tertiary/aromatic N) is 4. The van der Waals surface area contributed by atoms with Gasteiger partial charge in [0.15, 0.2) is 0 Å². The van der Waals surface area contributed by atoms with Crippen molar-refractivity contribution in [2.24, 2.45) is 22.7 Å². The summed E-state index contributed by atoms with van der Waals surface area (Å²) in [5.74, 6) is -8.58. The van der Waals surface area contributed by atoms with Gasteiger partial charge in [-0.2, -0.15) is 26.3 Å². The van der Waals surface area contributed by atoms with Crippen molar-refractivity contribution >= 4 is 23.8 Å². The van der Waals surface area contributed by atoms with Gasteiger partial charge in [-0.3, -0.25) is 28.8 Å². The van der Waals surface area contributed by atoms with E-state index in [1.807, 2.05) is 6.07 Å². The van der Waals surface area contributed by atoms with Crippen LogP contribution in [0.5, 0.6) is 0 Å². The number of rotatable bonds is 25. The van der Waals surface area contributed by atoms with Crippen molar-refractivity contribution < 1.29 is 72.9 Å². The second kappa shape index (κ2) is 31.5. The molecule has 4 atom stereocenters. The molecule has 2 saturated carbocycles. The number of carboxylic acid groups (broad SMARTS) is 1. The average Bonchev–Trinajstić information content (AvgIpc) is 0.775. The van der Waals surface area contributed by atoms with Crippen LogP contribution in [0.1, 0.15) is 190 Å². The summed E-state index contributed by atoms with van der Waals surface area (Å²) < 4.78 is 157. The summed E-state index contributed by atoms with van der Waals surface area (Å²) in [6, 6.07) is 8.41. The number of ether oxygens (including phenoxy) is 1. The van der Waals surface area contributed by atoms with Gasteiger partial charge in [0.25, 0.3) is 11.1 Å². The van der Waals surface area contributed by atoms with Crippen LogP contribution in [0.4, 0.5) is 43.9 Å². The Morgan fingerprint density at radius 1 is 0.539 bits per heavy atom. The van der Waals surface area contributed by atoms with Gasteiger partial charge in [0, 0.05) is 86.0 Å². The van der Waals surface area contributed by atoms with Crippen LogP contribution in [0, 0.1) is 87.5 Å². The SMILES string of the molecule is CCOC(=O)C[C@H](NC(=O)C(CC(C)C)n1cc(CCN2CC3(CCC3)C2)c(C(F)(F)F)cc1=O)c1c(F)c(C)cc(-c2c(C)cccc2C)c1F.Cc1cc(-c2c(C)cccc2C)c(F)c([C@H](CC(=O)O)NC(=O)C(CC(C)C)n2cc(CCN3CC4(CCC4)C3)c(C(F)(F)F)cc2=O)c1F. The molecule has 2 amide bonds. The third-order valence-electron chi connectivity index (χ3n) is 20.8. The lowest BCUT2D eigenvalue weighted by molar-refractivity contribution is -0.144. The second-order valence-corrected chi connectivity index (χ2v) is 29.7. The van der Waals surface area contributed by atoms with Gasteiger partial charge in [-0.15, -0.1) is 0 Å². The van der Waals surface area contributed by atoms with Crippen molar-refractivity contribution in [3.05, 3.63) is 184 Å². The summed E-state index contributed by atoms with van der Waals surface area (Å²) in [5, 5.41) is 14.9. The number of pyridine rings is 2. The molecule has 24 heteroatoms. The molecule has 4 aliphatic rings. The van der Waals surface area contributed by atoms with Crippen molar-refractivity contribution in [2.45, 2.75) is 190 Å². The minimum atomic E-state index is -4.81. The summed E-state index contributed by atoms with van der Waals surface area (Å²) in [6.45, 7) is 22.6. The van der Waals surface area contributed by atoms with Crippen molar-refractivity contribution in [2.75, 3.05) is 45.9 Å². The van der Waals surface area contributed by atoms with E-state index in [2.05, 4.69) is 20.4 Å². The van der Waals surface area contributed by atoms with E-state index in [-0.39, 0.29) is 88.3 Å². The van der Waals surface area contributed by atoms with Crippen LogP contribution in [0.15, 0.2) is 82.6 Å². The number of esters is 1. The number of aliphatic carboxylic acids is 1. The number of hydrogen-bond donors (Lipinski definition) is 3. The van der Waals surface area contributed by atoms with E-state index in [0.29, 0.717) is 47.5 Å². The van der Waals surface area contributed by atoms with Crippen molar-refractivity contribution in [1.29, 1.82) is 0 Å². The number of alkyl halides is 6. The zero-order valence-corrected chi connectivity index (χ0v) is 59.7. The number of hydrogen-bond acceptors (Lipinski definition) is 9. The van der Waals surface area contributed by atoms with Gasteiger partial charge in [0.2, 0.25) is 11.8 Å². The fraction of sp³-hybridized carbons (Fsp3) is 0.513. The van der Waals surface area contributed by atoms with E-state index in [4.69, 9.17) is 4.74 Å². The Morgan fingerprint density at radius 2 is 0.892 bits per heavy atom. The maximum Gasteiger partial charge on any atom is 0.416 e. The van der Waals surface area contributed by atoms with Gasteiger partial charge >= 0.3 is 24.3 Å². The average molecular weight is 1430 g/mol. The van der Waals surface area contributed by atoms with E-state index >= 15 is 17.6 Å². The minimum absolute atomic E-state index is 0.00746. The normalized spacial score (nSPS) is 16.8. The third kappa shape index (κ3) is 17.4. The van der Waals surface area contributed by atoms with Gasteiger partial charge in [-0.25, -0.2) is 17.6 Å². The smallest absolute Gasteiger partial charge is 0.416 e. The van der Waals surface area contributed by atoms with Crippen LogP contribution >= 0.6 is 0 Å². The van der Waals surface area contributed by atoms with E-state index in [1.54, 1.807) is 92.6 Å². The van der Waals surface area contributed by atoms with Crippen LogP contribution in [0.3, 0.4) is 0 Å². The monoisotopic (exact) mass is 1430 g/mol. The Bertz CT molecular complexity index is 4210. The first-order valence-electron chi connectivity index (χ1n) is 35.0. The summed E-state index contributed by atoms with van der Waals surface area (Å²) in [4.78, 5) is 84.1. The molecule has 2 aliphatic carbocycles. The highest BCUT2D eigenvalue weighted by Gasteiger charge is 2.49. The molecule has 4 heterocycles. The first-order valence-corrected chi connectivity index (χ1v) is 35.0. The van der Waals surface area contributed by atoms with E-state index < -0.39 is 130 Å². The number of carbonyl (C=O) groups is 4. The van der Waals surface area contributed by atoms with Gasteiger partial charge in [-0.05, 0) is 190 Å². The summed E-state index contributed by atoms with van der Waals surface area (Å²) in [5.41, 5.74) is -1.06. The molecule has 4 fully saturated rings. The Balaban J connectivity index is 0.000000237. The lowest BCUT2D eigenvalue weighted by Gasteiger charge is -2.56. The zero-order chi connectivity index (χ0) is 74.8. The fourth-order valence-electron chi connectivity index (χ4n) is 15.4. The number of likely N-dealkylation sites (tertiary alicyclic amines) is 2. The summed E-state index contributed by atoms with van der Waals surface area (Å²) in [7, 11) is 0. The highest BCUT2D eigenvalue weighted by atomic mass is 19.4. The molecule has 6 aromatic rings.